The summed E-state index contributed by atoms with van der Waals surface area (Å²) in [6, 6.07) is 9.36. The monoisotopic (exact) mass is 471 g/mol. The molecule has 0 atom stereocenters. The smallest absolute Gasteiger partial charge is 0.253 e. The molecule has 3 rings (SSSR count). The van der Waals surface area contributed by atoms with Crippen molar-refractivity contribution in [3.8, 4) is 0 Å². The van der Waals surface area contributed by atoms with E-state index in [0.29, 0.717) is 18.4 Å². The Labute approximate surface area is 187 Å². The van der Waals surface area contributed by atoms with Gasteiger partial charge in [0.2, 0.25) is 0 Å². The lowest BCUT2D eigenvalue weighted by Gasteiger charge is -2.38. The number of halogens is 1. The largest absolute Gasteiger partial charge is 0.385 e. The number of aliphatic hydroxyl groups is 1. The minimum absolute atomic E-state index is 0.0267. The molecule has 0 aliphatic carbocycles. The second-order valence-electron chi connectivity index (χ2n) is 8.37. The molecule has 30 heavy (non-hydrogen) atoms. The number of hydrogen-bond acceptors (Lipinski definition) is 4. The summed E-state index contributed by atoms with van der Waals surface area (Å²) in [6.07, 6.45) is 5.35. The number of pyridine rings is 1. The van der Waals surface area contributed by atoms with Gasteiger partial charge < -0.3 is 10.0 Å². The quantitative estimate of drug-likeness (QED) is 0.708. The van der Waals surface area contributed by atoms with Gasteiger partial charge in [-0.25, -0.2) is 0 Å². The molecule has 0 saturated carbocycles. The van der Waals surface area contributed by atoms with Crippen molar-refractivity contribution >= 4 is 27.9 Å². The molecule has 0 radical (unpaired) electrons. The number of carbonyl (C=O) groups is 1. The maximum atomic E-state index is 12.1. The lowest BCUT2D eigenvalue weighted by atomic mass is 9.84. The third kappa shape index (κ3) is 5.17. The molecule has 160 valence electrons. The molecule has 0 spiro atoms. The molecular formula is C24H30BrN3O2. The maximum Gasteiger partial charge on any atom is 0.253 e. The highest BCUT2D eigenvalue weighted by molar-refractivity contribution is 9.10. The molecule has 1 fully saturated rings. The molecule has 1 aliphatic rings. The van der Waals surface area contributed by atoms with E-state index in [1.165, 1.54) is 5.57 Å². The molecule has 1 N–H and O–H groups in total. The second-order valence-corrected chi connectivity index (χ2v) is 9.22. The first-order valence-corrected chi connectivity index (χ1v) is 11.0. The lowest BCUT2D eigenvalue weighted by Crippen LogP contribution is -2.43. The molecule has 1 saturated heterocycles. The van der Waals surface area contributed by atoms with Crippen molar-refractivity contribution in [1.29, 1.82) is 0 Å². The fourth-order valence-electron chi connectivity index (χ4n) is 3.92. The summed E-state index contributed by atoms with van der Waals surface area (Å²) in [5, 5.41) is 11.2. The van der Waals surface area contributed by atoms with Crippen molar-refractivity contribution in [1.82, 2.24) is 14.8 Å². The normalized spacial score (nSPS) is 17.1. The molecule has 1 aromatic heterocycles. The van der Waals surface area contributed by atoms with Crippen LogP contribution in [0.1, 0.15) is 46.9 Å². The van der Waals surface area contributed by atoms with Crippen molar-refractivity contribution in [3.63, 3.8) is 0 Å². The van der Waals surface area contributed by atoms with Gasteiger partial charge in [-0.2, -0.15) is 0 Å². The maximum absolute atomic E-state index is 12.1. The minimum Gasteiger partial charge on any atom is -0.385 e. The van der Waals surface area contributed by atoms with Crippen molar-refractivity contribution < 1.29 is 9.90 Å². The number of carbonyl (C=O) groups excluding carboxylic acids is 1. The first kappa shape index (κ1) is 22.7. The average Bonchev–Trinajstić information content (AvgIpc) is 2.72. The molecular weight excluding hydrogens is 442 g/mol. The molecule has 2 aromatic rings. The zero-order valence-electron chi connectivity index (χ0n) is 18.2. The number of nitrogens with zero attached hydrogens (tertiary/aromatic N) is 3. The lowest BCUT2D eigenvalue weighted by molar-refractivity contribution is -0.0238. The Kier molecular flexibility index (Phi) is 7.11. The Morgan fingerprint density at radius 1 is 1.23 bits per heavy atom. The summed E-state index contributed by atoms with van der Waals surface area (Å²) >= 11 is 3.61. The number of hydrogen-bond donors (Lipinski definition) is 1. The molecule has 1 amide bonds. The fourth-order valence-corrected chi connectivity index (χ4v) is 4.44. The van der Waals surface area contributed by atoms with E-state index in [2.05, 4.69) is 38.8 Å². The fraction of sp³-hybridized carbons (Fsp3) is 0.417. The van der Waals surface area contributed by atoms with E-state index in [1.807, 2.05) is 37.3 Å². The first-order valence-electron chi connectivity index (χ1n) is 10.2. The molecule has 1 aliphatic heterocycles. The van der Waals surface area contributed by atoms with Crippen LogP contribution in [0.5, 0.6) is 0 Å². The summed E-state index contributed by atoms with van der Waals surface area (Å²) in [5.74, 6) is -0.0267. The van der Waals surface area contributed by atoms with E-state index < -0.39 is 5.60 Å². The Morgan fingerprint density at radius 3 is 2.43 bits per heavy atom. The summed E-state index contributed by atoms with van der Waals surface area (Å²) in [5.41, 5.74) is 4.09. The summed E-state index contributed by atoms with van der Waals surface area (Å²) in [7, 11) is 3.48. The number of aryl methyl sites for hydroxylation is 1. The van der Waals surface area contributed by atoms with Crippen LogP contribution in [0.25, 0.3) is 6.08 Å². The van der Waals surface area contributed by atoms with Gasteiger partial charge in [0.25, 0.3) is 5.91 Å². The molecule has 5 nitrogen and oxygen atoms in total. The Hall–Kier alpha value is -2.02. The Morgan fingerprint density at radius 2 is 1.87 bits per heavy atom. The number of rotatable bonds is 5. The second kappa shape index (κ2) is 9.41. The van der Waals surface area contributed by atoms with Crippen LogP contribution in [-0.4, -0.2) is 59.5 Å². The molecule has 1 aromatic carbocycles. The third-order valence-corrected chi connectivity index (χ3v) is 6.45. The van der Waals surface area contributed by atoms with Gasteiger partial charge >= 0.3 is 0 Å². The van der Waals surface area contributed by atoms with Crippen LogP contribution in [0.3, 0.4) is 0 Å². The molecule has 6 heteroatoms. The highest BCUT2D eigenvalue weighted by Crippen LogP contribution is 2.33. The molecule has 0 unspecified atom stereocenters. The van der Waals surface area contributed by atoms with Crippen molar-refractivity contribution in [2.45, 2.75) is 32.3 Å². The molecule has 2 heterocycles. The third-order valence-electron chi connectivity index (χ3n) is 5.76. The zero-order valence-corrected chi connectivity index (χ0v) is 19.7. The van der Waals surface area contributed by atoms with Gasteiger partial charge in [0.15, 0.2) is 0 Å². The number of aromatic nitrogens is 1. The van der Waals surface area contributed by atoms with Crippen molar-refractivity contribution in [2.75, 3.05) is 33.7 Å². The van der Waals surface area contributed by atoms with Crippen molar-refractivity contribution in [3.05, 3.63) is 69.0 Å². The van der Waals surface area contributed by atoms with Crippen LogP contribution < -0.4 is 0 Å². The van der Waals surface area contributed by atoms with E-state index in [1.54, 1.807) is 25.2 Å². The zero-order chi connectivity index (χ0) is 21.9. The van der Waals surface area contributed by atoms with E-state index in [9.17, 15) is 9.90 Å². The van der Waals surface area contributed by atoms with Gasteiger partial charge in [0, 0.05) is 61.2 Å². The van der Waals surface area contributed by atoms with Crippen LogP contribution in [0.2, 0.25) is 0 Å². The predicted molar refractivity (Wildman–Crippen MR) is 124 cm³/mol. The van der Waals surface area contributed by atoms with Gasteiger partial charge in [-0.05, 0) is 50.5 Å². The topological polar surface area (TPSA) is 56.7 Å². The standard InChI is InChI=1S/C24H30BrN3O2/c1-17(15-21-18(2)26-12-9-22(21)25)16-28-13-10-24(30,11-14-28)20-7-5-19(6-8-20)23(29)27(3)4/h5-9,12,15,30H,10-11,13-14,16H2,1-4H3/b17-15+. The van der Waals surface area contributed by atoms with Crippen LogP contribution in [-0.2, 0) is 5.60 Å². The van der Waals surface area contributed by atoms with Crippen LogP contribution in [0.15, 0.2) is 46.6 Å². The van der Waals surface area contributed by atoms with E-state index >= 15 is 0 Å². The predicted octanol–water partition coefficient (Wildman–Crippen LogP) is 4.24. The van der Waals surface area contributed by atoms with E-state index in [4.69, 9.17) is 0 Å². The highest BCUT2D eigenvalue weighted by Gasteiger charge is 2.34. The van der Waals surface area contributed by atoms with Gasteiger partial charge in [-0.1, -0.05) is 39.7 Å². The van der Waals surface area contributed by atoms with E-state index in [0.717, 1.165) is 40.9 Å². The highest BCUT2D eigenvalue weighted by atomic mass is 79.9. The average molecular weight is 472 g/mol. The van der Waals surface area contributed by atoms with Gasteiger partial charge in [-0.3, -0.25) is 14.7 Å². The number of amides is 1. The van der Waals surface area contributed by atoms with E-state index in [-0.39, 0.29) is 5.91 Å². The summed E-state index contributed by atoms with van der Waals surface area (Å²) in [6.45, 7) is 6.68. The van der Waals surface area contributed by atoms with Crippen LogP contribution in [0, 0.1) is 6.92 Å². The van der Waals surface area contributed by atoms with Crippen molar-refractivity contribution in [2.24, 2.45) is 0 Å². The van der Waals surface area contributed by atoms with Gasteiger partial charge in [0.05, 0.1) is 5.60 Å². The number of benzene rings is 1. The summed E-state index contributed by atoms with van der Waals surface area (Å²) < 4.78 is 1.05. The van der Waals surface area contributed by atoms with Crippen LogP contribution >= 0.6 is 15.9 Å². The minimum atomic E-state index is -0.837. The Balaban J connectivity index is 1.62. The van der Waals surface area contributed by atoms with Crippen LogP contribution in [0.4, 0.5) is 0 Å². The Bertz CT molecular complexity index is 910. The SMILES string of the molecule is C/C(=C\c1c(Br)ccnc1C)CN1CCC(O)(c2ccc(C(=O)N(C)C)cc2)CC1. The number of piperidine rings is 1. The molecule has 0 bridgehead atoms. The van der Waals surface area contributed by atoms with Gasteiger partial charge in [-0.15, -0.1) is 0 Å². The van der Waals surface area contributed by atoms with Gasteiger partial charge in [0.1, 0.15) is 0 Å². The number of likely N-dealkylation sites (tertiary alicyclic amines) is 1. The summed E-state index contributed by atoms with van der Waals surface area (Å²) in [4.78, 5) is 20.4. The first-order chi connectivity index (χ1) is 14.2.